The Bertz CT molecular complexity index is 1040. The maximum atomic E-state index is 12.3. The van der Waals surface area contributed by atoms with Crippen molar-refractivity contribution >= 4 is 52.5 Å². The van der Waals surface area contributed by atoms with Crippen molar-refractivity contribution in [2.45, 2.75) is 5.16 Å². The number of hydrogen-bond donors (Lipinski definition) is 3. The number of rotatable bonds is 6. The molecule has 0 saturated heterocycles. The molecule has 0 aliphatic carbocycles. The standard InChI is InChI=1S/C16H11Cl2N5O4S/c17-8-5-11(18)14(15(26)27)12(6-8)19-13(25)7-28-16-20-21-22-23(16)9-1-3-10(24)4-2-9/h1-6,24H,7H2,(H,19,25)(H,26,27). The van der Waals surface area contributed by atoms with E-state index in [0.717, 1.165) is 11.8 Å². The molecule has 1 aromatic heterocycles. The van der Waals surface area contributed by atoms with E-state index in [1.165, 1.54) is 28.9 Å². The summed E-state index contributed by atoms with van der Waals surface area (Å²) < 4.78 is 1.40. The van der Waals surface area contributed by atoms with Crippen LogP contribution in [0.3, 0.4) is 0 Å². The Morgan fingerprint density at radius 2 is 1.89 bits per heavy atom. The van der Waals surface area contributed by atoms with Crippen molar-refractivity contribution in [3.05, 3.63) is 52.0 Å². The molecule has 0 unspecified atom stereocenters. The Hall–Kier alpha value is -2.82. The molecule has 0 bridgehead atoms. The van der Waals surface area contributed by atoms with Gasteiger partial charge in [0.15, 0.2) is 0 Å². The highest BCUT2D eigenvalue weighted by Crippen LogP contribution is 2.29. The Kier molecular flexibility index (Phi) is 6.02. The maximum Gasteiger partial charge on any atom is 0.339 e. The molecule has 3 rings (SSSR count). The van der Waals surface area contributed by atoms with Crippen molar-refractivity contribution < 1.29 is 19.8 Å². The molecule has 12 heteroatoms. The van der Waals surface area contributed by atoms with Crippen LogP contribution in [-0.4, -0.2) is 48.0 Å². The minimum absolute atomic E-state index is 0.00581. The number of phenolic OH excluding ortho intramolecular Hbond substituents is 1. The van der Waals surface area contributed by atoms with E-state index < -0.39 is 11.9 Å². The van der Waals surface area contributed by atoms with Crippen LogP contribution < -0.4 is 5.32 Å². The van der Waals surface area contributed by atoms with Crippen molar-refractivity contribution in [2.24, 2.45) is 0 Å². The number of carbonyl (C=O) groups excluding carboxylic acids is 1. The van der Waals surface area contributed by atoms with Gasteiger partial charge in [0.05, 0.1) is 22.2 Å². The van der Waals surface area contributed by atoms with Gasteiger partial charge in [0.2, 0.25) is 11.1 Å². The fraction of sp³-hybridized carbons (Fsp3) is 0.0625. The summed E-state index contributed by atoms with van der Waals surface area (Å²) in [5.74, 6) is -1.78. The Morgan fingerprint density at radius 3 is 2.57 bits per heavy atom. The molecule has 144 valence electrons. The molecule has 0 atom stereocenters. The number of tetrazole rings is 1. The Morgan fingerprint density at radius 1 is 1.18 bits per heavy atom. The first-order chi connectivity index (χ1) is 13.3. The number of benzene rings is 2. The number of amides is 1. The number of aromatic nitrogens is 4. The molecular weight excluding hydrogens is 429 g/mol. The third-order valence-corrected chi connectivity index (χ3v) is 4.85. The lowest BCUT2D eigenvalue weighted by molar-refractivity contribution is -0.113. The molecule has 0 radical (unpaired) electrons. The van der Waals surface area contributed by atoms with Crippen molar-refractivity contribution in [3.8, 4) is 11.4 Å². The van der Waals surface area contributed by atoms with Crippen LogP contribution in [0.15, 0.2) is 41.6 Å². The topological polar surface area (TPSA) is 130 Å². The number of carboxylic acid groups (broad SMARTS) is 1. The van der Waals surface area contributed by atoms with Gasteiger partial charge in [-0.05, 0) is 46.8 Å². The third-order valence-electron chi connectivity index (χ3n) is 3.41. The summed E-state index contributed by atoms with van der Waals surface area (Å²) in [6.45, 7) is 0. The molecule has 2 aromatic carbocycles. The van der Waals surface area contributed by atoms with Crippen LogP contribution in [0, 0.1) is 0 Å². The first-order valence-corrected chi connectivity index (χ1v) is 9.32. The number of carboxylic acids is 1. The van der Waals surface area contributed by atoms with Crippen LogP contribution in [0.2, 0.25) is 10.0 Å². The van der Waals surface area contributed by atoms with Gasteiger partial charge in [-0.25, -0.2) is 4.79 Å². The summed E-state index contributed by atoms with van der Waals surface area (Å²) in [5, 5.41) is 32.8. The SMILES string of the molecule is O=C(CSc1nnnn1-c1ccc(O)cc1)Nc1cc(Cl)cc(Cl)c1C(=O)O. The fourth-order valence-corrected chi connectivity index (χ4v) is 3.50. The predicted molar refractivity (Wildman–Crippen MR) is 104 cm³/mol. The van der Waals surface area contributed by atoms with Crippen molar-refractivity contribution in [3.63, 3.8) is 0 Å². The number of phenols is 1. The van der Waals surface area contributed by atoms with Crippen LogP contribution in [0.5, 0.6) is 5.75 Å². The lowest BCUT2D eigenvalue weighted by atomic mass is 10.1. The van der Waals surface area contributed by atoms with Gasteiger partial charge < -0.3 is 15.5 Å². The molecule has 0 spiro atoms. The number of carbonyl (C=O) groups is 2. The lowest BCUT2D eigenvalue weighted by Crippen LogP contribution is -2.17. The van der Waals surface area contributed by atoms with Crippen LogP contribution in [0.25, 0.3) is 5.69 Å². The first-order valence-electron chi connectivity index (χ1n) is 7.58. The quantitative estimate of drug-likeness (QED) is 0.499. The second-order valence-corrected chi connectivity index (χ2v) is 7.13. The molecule has 1 amide bonds. The minimum atomic E-state index is -1.29. The summed E-state index contributed by atoms with van der Waals surface area (Å²) >= 11 is 12.8. The van der Waals surface area contributed by atoms with E-state index in [1.807, 2.05) is 0 Å². The molecule has 3 aromatic rings. The van der Waals surface area contributed by atoms with E-state index in [2.05, 4.69) is 20.8 Å². The summed E-state index contributed by atoms with van der Waals surface area (Å²) in [5.41, 5.74) is 0.340. The van der Waals surface area contributed by atoms with E-state index in [0.29, 0.717) is 10.8 Å². The summed E-state index contributed by atoms with van der Waals surface area (Å²) in [4.78, 5) is 23.6. The molecular formula is C16H11Cl2N5O4S. The molecule has 28 heavy (non-hydrogen) atoms. The highest BCUT2D eigenvalue weighted by atomic mass is 35.5. The second kappa shape index (κ2) is 8.46. The lowest BCUT2D eigenvalue weighted by Gasteiger charge is -2.10. The van der Waals surface area contributed by atoms with Gasteiger partial charge in [0.25, 0.3) is 0 Å². The third kappa shape index (κ3) is 4.53. The van der Waals surface area contributed by atoms with E-state index in [-0.39, 0.29) is 32.8 Å². The predicted octanol–water partition coefficient (Wildman–Crippen LogP) is 3.10. The molecule has 1 heterocycles. The van der Waals surface area contributed by atoms with Crippen molar-refractivity contribution in [1.29, 1.82) is 0 Å². The Balaban J connectivity index is 1.72. The highest BCUT2D eigenvalue weighted by Gasteiger charge is 2.19. The normalized spacial score (nSPS) is 10.6. The number of nitrogens with one attached hydrogen (secondary N) is 1. The minimum Gasteiger partial charge on any atom is -0.508 e. The second-order valence-electron chi connectivity index (χ2n) is 5.34. The molecule has 0 aliphatic heterocycles. The van der Waals surface area contributed by atoms with Gasteiger partial charge in [-0.1, -0.05) is 35.0 Å². The molecule has 3 N–H and O–H groups in total. The fourth-order valence-electron chi connectivity index (χ4n) is 2.23. The number of anilines is 1. The first kappa shape index (κ1) is 19.9. The largest absolute Gasteiger partial charge is 0.508 e. The summed E-state index contributed by atoms with van der Waals surface area (Å²) in [7, 11) is 0. The van der Waals surface area contributed by atoms with Gasteiger partial charge in [-0.2, -0.15) is 4.68 Å². The molecule has 0 fully saturated rings. The summed E-state index contributed by atoms with van der Waals surface area (Å²) in [6, 6.07) is 8.78. The monoisotopic (exact) mass is 439 g/mol. The summed E-state index contributed by atoms with van der Waals surface area (Å²) in [6.07, 6.45) is 0. The number of aromatic hydroxyl groups is 1. The number of halogens is 2. The van der Waals surface area contributed by atoms with E-state index >= 15 is 0 Å². The van der Waals surface area contributed by atoms with Crippen LogP contribution >= 0.6 is 35.0 Å². The average molecular weight is 440 g/mol. The van der Waals surface area contributed by atoms with Gasteiger partial charge in [0, 0.05) is 5.02 Å². The molecule has 9 nitrogen and oxygen atoms in total. The van der Waals surface area contributed by atoms with Crippen LogP contribution in [-0.2, 0) is 4.79 Å². The zero-order valence-electron chi connectivity index (χ0n) is 13.8. The van der Waals surface area contributed by atoms with Gasteiger partial charge in [-0.15, -0.1) is 5.10 Å². The van der Waals surface area contributed by atoms with E-state index in [1.54, 1.807) is 12.1 Å². The van der Waals surface area contributed by atoms with E-state index in [4.69, 9.17) is 23.2 Å². The number of hydrogen-bond acceptors (Lipinski definition) is 7. The smallest absolute Gasteiger partial charge is 0.339 e. The number of aromatic carboxylic acids is 1. The van der Waals surface area contributed by atoms with Crippen molar-refractivity contribution in [1.82, 2.24) is 20.2 Å². The average Bonchev–Trinajstić information content (AvgIpc) is 3.08. The van der Waals surface area contributed by atoms with Gasteiger partial charge in [0.1, 0.15) is 11.3 Å². The zero-order valence-corrected chi connectivity index (χ0v) is 16.2. The maximum absolute atomic E-state index is 12.3. The Labute approximate surface area is 172 Å². The highest BCUT2D eigenvalue weighted by molar-refractivity contribution is 7.99. The zero-order chi connectivity index (χ0) is 20.3. The number of nitrogens with zero attached hydrogens (tertiary/aromatic N) is 4. The molecule has 0 saturated carbocycles. The van der Waals surface area contributed by atoms with Crippen LogP contribution in [0.4, 0.5) is 5.69 Å². The van der Waals surface area contributed by atoms with Crippen LogP contribution in [0.1, 0.15) is 10.4 Å². The molecule has 0 aliphatic rings. The van der Waals surface area contributed by atoms with Gasteiger partial charge in [-0.3, -0.25) is 4.79 Å². The number of thioether (sulfide) groups is 1. The van der Waals surface area contributed by atoms with Crippen molar-refractivity contribution in [2.75, 3.05) is 11.1 Å². The van der Waals surface area contributed by atoms with E-state index in [9.17, 15) is 19.8 Å². The van der Waals surface area contributed by atoms with Gasteiger partial charge >= 0.3 is 5.97 Å².